The number of hydrogen-bond donors (Lipinski definition) is 2. The van der Waals surface area contributed by atoms with Crippen LogP contribution in [-0.2, 0) is 9.59 Å². The zero-order valence-electron chi connectivity index (χ0n) is 17.7. The van der Waals surface area contributed by atoms with E-state index in [1.54, 1.807) is 11.9 Å². The van der Waals surface area contributed by atoms with Gasteiger partial charge in [0, 0.05) is 5.69 Å². The number of nitriles is 1. The SMILES string of the molecule is Cc1cccc(NC(=O)CN(C)CC(=O)Nc2c(C#N)cnn2-c2ccccc2)c1C. The van der Waals surface area contributed by atoms with Crippen LogP contribution in [0.4, 0.5) is 11.5 Å². The Morgan fingerprint density at radius 2 is 1.71 bits per heavy atom. The van der Waals surface area contributed by atoms with Crippen molar-refractivity contribution in [3.05, 3.63) is 71.4 Å². The third-order valence-corrected chi connectivity index (χ3v) is 4.85. The summed E-state index contributed by atoms with van der Waals surface area (Å²) in [5.41, 5.74) is 3.84. The van der Waals surface area contributed by atoms with Crippen LogP contribution in [0.2, 0.25) is 0 Å². The number of amides is 2. The highest BCUT2D eigenvalue weighted by Gasteiger charge is 2.17. The summed E-state index contributed by atoms with van der Waals surface area (Å²) < 4.78 is 1.50. The predicted molar refractivity (Wildman–Crippen MR) is 119 cm³/mol. The fourth-order valence-corrected chi connectivity index (χ4v) is 3.11. The highest BCUT2D eigenvalue weighted by atomic mass is 16.2. The monoisotopic (exact) mass is 416 g/mol. The number of benzene rings is 2. The van der Waals surface area contributed by atoms with Crippen molar-refractivity contribution >= 4 is 23.3 Å². The number of aryl methyl sites for hydroxylation is 1. The first-order valence-electron chi connectivity index (χ1n) is 9.77. The van der Waals surface area contributed by atoms with E-state index in [1.165, 1.54) is 10.9 Å². The Bertz CT molecular complexity index is 1130. The molecule has 0 saturated carbocycles. The second-order valence-electron chi connectivity index (χ2n) is 7.28. The fourth-order valence-electron chi connectivity index (χ4n) is 3.11. The zero-order chi connectivity index (χ0) is 22.4. The van der Waals surface area contributed by atoms with Crippen LogP contribution in [0.15, 0.2) is 54.7 Å². The molecule has 0 unspecified atom stereocenters. The summed E-state index contributed by atoms with van der Waals surface area (Å²) in [6, 6.07) is 17.0. The average Bonchev–Trinajstić information content (AvgIpc) is 3.14. The summed E-state index contributed by atoms with van der Waals surface area (Å²) >= 11 is 0. The molecule has 2 N–H and O–H groups in total. The number of nitrogens with zero attached hydrogens (tertiary/aromatic N) is 4. The first-order chi connectivity index (χ1) is 14.9. The van der Waals surface area contributed by atoms with Crippen LogP contribution in [-0.4, -0.2) is 46.6 Å². The van der Waals surface area contributed by atoms with Crippen molar-refractivity contribution in [2.24, 2.45) is 0 Å². The van der Waals surface area contributed by atoms with Crippen molar-refractivity contribution in [1.29, 1.82) is 5.26 Å². The number of anilines is 2. The summed E-state index contributed by atoms with van der Waals surface area (Å²) in [4.78, 5) is 26.6. The minimum atomic E-state index is -0.351. The van der Waals surface area contributed by atoms with Crippen molar-refractivity contribution in [3.63, 3.8) is 0 Å². The number of para-hydroxylation sites is 1. The number of hydrogen-bond acceptors (Lipinski definition) is 5. The van der Waals surface area contributed by atoms with Crippen LogP contribution >= 0.6 is 0 Å². The van der Waals surface area contributed by atoms with Crippen molar-refractivity contribution in [3.8, 4) is 11.8 Å². The number of aromatic nitrogens is 2. The lowest BCUT2D eigenvalue weighted by atomic mass is 10.1. The molecule has 0 saturated heterocycles. The molecule has 0 fully saturated rings. The van der Waals surface area contributed by atoms with E-state index in [0.29, 0.717) is 5.82 Å². The second-order valence-corrected chi connectivity index (χ2v) is 7.28. The summed E-state index contributed by atoms with van der Waals surface area (Å²) in [5, 5.41) is 19.2. The van der Waals surface area contributed by atoms with Gasteiger partial charge in [-0.1, -0.05) is 30.3 Å². The molecule has 2 aromatic carbocycles. The molecule has 8 heteroatoms. The van der Waals surface area contributed by atoms with Crippen molar-refractivity contribution in [1.82, 2.24) is 14.7 Å². The van der Waals surface area contributed by atoms with E-state index in [4.69, 9.17) is 0 Å². The van der Waals surface area contributed by atoms with Crippen LogP contribution < -0.4 is 10.6 Å². The van der Waals surface area contributed by atoms with E-state index in [2.05, 4.69) is 15.7 Å². The van der Waals surface area contributed by atoms with Gasteiger partial charge in [-0.2, -0.15) is 10.4 Å². The molecular weight excluding hydrogens is 392 g/mol. The molecule has 3 aromatic rings. The van der Waals surface area contributed by atoms with Crippen LogP contribution in [0.1, 0.15) is 16.7 Å². The molecule has 2 amide bonds. The Labute approximate surface area is 181 Å². The van der Waals surface area contributed by atoms with Crippen molar-refractivity contribution < 1.29 is 9.59 Å². The van der Waals surface area contributed by atoms with Crippen LogP contribution in [0.3, 0.4) is 0 Å². The Balaban J connectivity index is 1.62. The minimum absolute atomic E-state index is 0.0228. The number of likely N-dealkylation sites (N-methyl/N-ethyl adjacent to an activating group) is 1. The van der Waals surface area contributed by atoms with E-state index < -0.39 is 0 Å². The maximum Gasteiger partial charge on any atom is 0.239 e. The molecule has 0 aliphatic carbocycles. The van der Waals surface area contributed by atoms with Gasteiger partial charge in [0.15, 0.2) is 5.82 Å². The largest absolute Gasteiger partial charge is 0.325 e. The van der Waals surface area contributed by atoms with Crippen molar-refractivity contribution in [2.75, 3.05) is 30.8 Å². The quantitative estimate of drug-likeness (QED) is 0.616. The lowest BCUT2D eigenvalue weighted by Crippen LogP contribution is -2.36. The van der Waals surface area contributed by atoms with Gasteiger partial charge < -0.3 is 10.6 Å². The second kappa shape index (κ2) is 9.69. The predicted octanol–water partition coefficient (Wildman–Crippen LogP) is 2.87. The average molecular weight is 416 g/mol. The molecule has 31 heavy (non-hydrogen) atoms. The van der Waals surface area contributed by atoms with Gasteiger partial charge in [-0.15, -0.1) is 0 Å². The minimum Gasteiger partial charge on any atom is -0.325 e. The maximum atomic E-state index is 12.6. The summed E-state index contributed by atoms with van der Waals surface area (Å²) in [5.74, 6) is -0.265. The van der Waals surface area contributed by atoms with Gasteiger partial charge in [0.1, 0.15) is 11.6 Å². The summed E-state index contributed by atoms with van der Waals surface area (Å²) in [6.07, 6.45) is 1.41. The smallest absolute Gasteiger partial charge is 0.239 e. The molecule has 0 bridgehead atoms. The number of carbonyl (C=O) groups excluding carboxylic acids is 2. The molecule has 3 rings (SSSR count). The van der Waals surface area contributed by atoms with Gasteiger partial charge in [-0.25, -0.2) is 4.68 Å². The normalized spacial score (nSPS) is 10.5. The standard InChI is InChI=1S/C23H24N6O2/c1-16-8-7-11-20(17(16)2)26-21(30)14-28(3)15-22(31)27-23-18(12-24)13-25-29(23)19-9-5-4-6-10-19/h4-11,13H,14-15H2,1-3H3,(H,26,30)(H,27,31). The highest BCUT2D eigenvalue weighted by molar-refractivity contribution is 5.95. The Kier molecular flexibility index (Phi) is 6.80. The van der Waals surface area contributed by atoms with E-state index in [9.17, 15) is 14.9 Å². The Morgan fingerprint density at radius 3 is 2.39 bits per heavy atom. The topological polar surface area (TPSA) is 103 Å². The Hall–Kier alpha value is -3.96. The van der Waals surface area contributed by atoms with Gasteiger partial charge in [0.25, 0.3) is 0 Å². The molecule has 1 heterocycles. The van der Waals surface area contributed by atoms with Gasteiger partial charge in [0.2, 0.25) is 11.8 Å². The number of nitrogens with one attached hydrogen (secondary N) is 2. The van der Waals surface area contributed by atoms with Crippen LogP contribution in [0.5, 0.6) is 0 Å². The lowest BCUT2D eigenvalue weighted by molar-refractivity contribution is -0.119. The molecular formula is C23H24N6O2. The van der Waals surface area contributed by atoms with E-state index in [-0.39, 0.29) is 30.5 Å². The van der Waals surface area contributed by atoms with E-state index in [0.717, 1.165) is 22.5 Å². The molecule has 1 aromatic heterocycles. The molecule has 0 spiro atoms. The van der Waals surface area contributed by atoms with Crippen molar-refractivity contribution in [2.45, 2.75) is 13.8 Å². The molecule has 158 valence electrons. The van der Waals surface area contributed by atoms with Gasteiger partial charge in [-0.3, -0.25) is 14.5 Å². The van der Waals surface area contributed by atoms with Gasteiger partial charge in [0.05, 0.1) is 25.0 Å². The van der Waals surface area contributed by atoms with Gasteiger partial charge in [-0.05, 0) is 50.2 Å². The molecule has 0 aliphatic heterocycles. The van der Waals surface area contributed by atoms with E-state index >= 15 is 0 Å². The number of rotatable bonds is 7. The van der Waals surface area contributed by atoms with E-state index in [1.807, 2.05) is 68.4 Å². The Morgan fingerprint density at radius 1 is 1.03 bits per heavy atom. The van der Waals surface area contributed by atoms with Crippen LogP contribution in [0, 0.1) is 25.2 Å². The summed E-state index contributed by atoms with van der Waals surface area (Å²) in [6.45, 7) is 3.96. The molecule has 0 atom stereocenters. The number of carbonyl (C=O) groups is 2. The zero-order valence-corrected chi connectivity index (χ0v) is 17.7. The highest BCUT2D eigenvalue weighted by Crippen LogP contribution is 2.20. The summed E-state index contributed by atoms with van der Waals surface area (Å²) in [7, 11) is 1.68. The van der Waals surface area contributed by atoms with Crippen LogP contribution in [0.25, 0.3) is 5.69 Å². The first-order valence-corrected chi connectivity index (χ1v) is 9.77. The third-order valence-electron chi connectivity index (χ3n) is 4.85. The molecule has 0 aliphatic rings. The third kappa shape index (κ3) is 5.35. The lowest BCUT2D eigenvalue weighted by Gasteiger charge is -2.17. The molecule has 0 radical (unpaired) electrons. The maximum absolute atomic E-state index is 12.6. The van der Waals surface area contributed by atoms with Gasteiger partial charge >= 0.3 is 0 Å². The fraction of sp³-hybridized carbons (Fsp3) is 0.217. The first kappa shape index (κ1) is 21.7. The molecule has 8 nitrogen and oxygen atoms in total.